The largest absolute Gasteiger partial charge is 0.493 e. The van der Waals surface area contributed by atoms with Gasteiger partial charge < -0.3 is 19.2 Å². The van der Waals surface area contributed by atoms with Crippen LogP contribution in [-0.2, 0) is 11.3 Å². The molecule has 1 heterocycles. The van der Waals surface area contributed by atoms with Gasteiger partial charge in [-0.15, -0.1) is 0 Å². The van der Waals surface area contributed by atoms with E-state index in [0.717, 1.165) is 0 Å². The number of rotatable bonds is 12. The number of nitrogens with zero attached hydrogens (tertiary/aromatic N) is 1. The van der Waals surface area contributed by atoms with Gasteiger partial charge >= 0.3 is 5.97 Å². The van der Waals surface area contributed by atoms with Gasteiger partial charge in [0.2, 0.25) is 0 Å². The predicted octanol–water partition coefficient (Wildman–Crippen LogP) is 6.16. The smallest absolute Gasteiger partial charge is 0.303 e. The lowest BCUT2D eigenvalue weighted by Gasteiger charge is -2.28. The predicted molar refractivity (Wildman–Crippen MR) is 127 cm³/mol. The van der Waals surface area contributed by atoms with Crippen molar-refractivity contribution in [2.45, 2.75) is 52.1 Å². The van der Waals surface area contributed by atoms with Crippen LogP contribution in [0.2, 0.25) is 0 Å². The Bertz CT molecular complexity index is 1130. The first kappa shape index (κ1) is 23.5. The summed E-state index contributed by atoms with van der Waals surface area (Å²) in [5.41, 5.74) is 0.889. The quantitative estimate of drug-likeness (QED) is 0.322. The first-order valence-corrected chi connectivity index (χ1v) is 11.3. The molecule has 0 aliphatic rings. The number of furan rings is 1. The van der Waals surface area contributed by atoms with Crippen LogP contribution in [0.1, 0.15) is 56.8 Å². The molecular weight excluding hydrogens is 437 g/mol. The summed E-state index contributed by atoms with van der Waals surface area (Å²) < 4.78 is 35.0. The summed E-state index contributed by atoms with van der Waals surface area (Å²) in [6.45, 7) is 2.80. The lowest BCUT2D eigenvalue weighted by molar-refractivity contribution is -0.137. The highest BCUT2D eigenvalue weighted by molar-refractivity contribution is 5.95. The summed E-state index contributed by atoms with van der Waals surface area (Å²) >= 11 is 0. The number of hydrogen-bond acceptors (Lipinski definition) is 4. The molecule has 1 unspecified atom stereocenters. The number of ether oxygens (including phenoxy) is 1. The molecule has 1 aromatic heterocycles. The van der Waals surface area contributed by atoms with Crippen LogP contribution in [0.4, 0.5) is 4.39 Å². The van der Waals surface area contributed by atoms with E-state index in [2.05, 4.69) is 0 Å². The Labute approximate surface area is 200 Å². The first-order chi connectivity index (χ1) is 16.8. The van der Waals surface area contributed by atoms with Crippen molar-refractivity contribution in [3.05, 3.63) is 77.8 Å². The van der Waals surface area contributed by atoms with E-state index in [0.29, 0.717) is 48.5 Å². The van der Waals surface area contributed by atoms with Crippen LogP contribution in [0, 0.1) is 5.82 Å². The standard InChI is InChI=1S/C27H30FNO5/c1-19(2)29(27(32)22-14-13-20(17-23(22)28)24-11-8-16-34-24)18-21-9-5-6-10-25(21)33-15-7-3-4-12-26(30)31/h5-6,8-11,13-14,16-17,19H,3-4,7,12,15,18H2,1-2H3,(H,30,31)/i18D. The molecule has 0 bridgehead atoms. The summed E-state index contributed by atoms with van der Waals surface area (Å²) in [4.78, 5) is 25.3. The maximum atomic E-state index is 15.0. The van der Waals surface area contributed by atoms with Crippen molar-refractivity contribution < 1.29 is 29.6 Å². The van der Waals surface area contributed by atoms with E-state index in [1.54, 1.807) is 56.3 Å². The van der Waals surface area contributed by atoms with E-state index in [1.165, 1.54) is 23.3 Å². The molecule has 1 atom stereocenters. The first-order valence-electron chi connectivity index (χ1n) is 11.9. The van der Waals surface area contributed by atoms with Crippen LogP contribution >= 0.6 is 0 Å². The summed E-state index contributed by atoms with van der Waals surface area (Å²) in [5.74, 6) is -1.13. The van der Waals surface area contributed by atoms with E-state index in [1.807, 2.05) is 0 Å². The number of amides is 1. The maximum absolute atomic E-state index is 15.0. The highest BCUT2D eigenvalue weighted by Crippen LogP contribution is 2.26. The van der Waals surface area contributed by atoms with Gasteiger partial charge in [-0.2, -0.15) is 0 Å². The molecular formula is C27H30FNO5. The second-order valence-electron chi connectivity index (χ2n) is 8.20. The second kappa shape index (κ2) is 12.0. The Kier molecular flexibility index (Phi) is 8.32. The number of carbonyl (C=O) groups excluding carboxylic acids is 1. The number of aliphatic carboxylic acids is 1. The van der Waals surface area contributed by atoms with Gasteiger partial charge in [-0.1, -0.05) is 24.3 Å². The fourth-order valence-corrected chi connectivity index (χ4v) is 3.47. The van der Waals surface area contributed by atoms with Crippen LogP contribution in [0.15, 0.2) is 65.3 Å². The van der Waals surface area contributed by atoms with E-state index >= 15 is 0 Å². The molecule has 1 N–H and O–H groups in total. The van der Waals surface area contributed by atoms with Crippen molar-refractivity contribution >= 4 is 11.9 Å². The molecule has 2 aromatic carbocycles. The van der Waals surface area contributed by atoms with Crippen LogP contribution < -0.4 is 4.74 Å². The number of carbonyl (C=O) groups is 2. The van der Waals surface area contributed by atoms with Crippen LogP contribution in [-0.4, -0.2) is 34.5 Å². The molecule has 1 amide bonds. The number of hydrogen-bond donors (Lipinski definition) is 1. The van der Waals surface area contributed by atoms with Gasteiger partial charge in [0.15, 0.2) is 0 Å². The number of halogens is 1. The number of unbranched alkanes of at least 4 members (excludes halogenated alkanes) is 2. The number of para-hydroxylation sites is 1. The van der Waals surface area contributed by atoms with E-state index in [-0.39, 0.29) is 18.0 Å². The van der Waals surface area contributed by atoms with Gasteiger partial charge in [0, 0.05) is 30.1 Å². The molecule has 0 saturated carbocycles. The average Bonchev–Trinajstić information content (AvgIpc) is 3.36. The molecule has 3 rings (SSSR count). The zero-order valence-corrected chi connectivity index (χ0v) is 19.4. The Balaban J connectivity index is 1.76. The van der Waals surface area contributed by atoms with Crippen LogP contribution in [0.3, 0.4) is 0 Å². The average molecular weight is 469 g/mol. The second-order valence-corrected chi connectivity index (χ2v) is 8.20. The molecule has 0 aliphatic carbocycles. The summed E-state index contributed by atoms with van der Waals surface area (Å²) in [5, 5.41) is 8.73. The minimum absolute atomic E-state index is 0.121. The molecule has 180 valence electrons. The zero-order valence-electron chi connectivity index (χ0n) is 20.4. The summed E-state index contributed by atoms with van der Waals surface area (Å²) in [6.07, 6.45) is 3.57. The number of carboxylic acid groups (broad SMARTS) is 1. The van der Waals surface area contributed by atoms with Crippen molar-refractivity contribution in [3.8, 4) is 17.1 Å². The molecule has 34 heavy (non-hydrogen) atoms. The third-order valence-corrected chi connectivity index (χ3v) is 5.29. The molecule has 0 saturated heterocycles. The molecule has 0 aliphatic heterocycles. The molecule has 7 heteroatoms. The highest BCUT2D eigenvalue weighted by atomic mass is 19.1. The van der Waals surface area contributed by atoms with Gasteiger partial charge in [0.05, 0.1) is 19.8 Å². The topological polar surface area (TPSA) is 80.0 Å². The third kappa shape index (κ3) is 6.70. The Morgan fingerprint density at radius 3 is 2.59 bits per heavy atom. The van der Waals surface area contributed by atoms with Gasteiger partial charge in [0.25, 0.3) is 5.91 Å². The van der Waals surface area contributed by atoms with Crippen LogP contribution in [0.5, 0.6) is 5.75 Å². The van der Waals surface area contributed by atoms with Crippen molar-refractivity contribution in [1.29, 1.82) is 0 Å². The van der Waals surface area contributed by atoms with Gasteiger partial charge in [-0.3, -0.25) is 9.59 Å². The van der Waals surface area contributed by atoms with Crippen molar-refractivity contribution in [2.75, 3.05) is 6.61 Å². The fraction of sp³-hybridized carbons (Fsp3) is 0.333. The lowest BCUT2D eigenvalue weighted by Crippen LogP contribution is -2.37. The highest BCUT2D eigenvalue weighted by Gasteiger charge is 2.23. The van der Waals surface area contributed by atoms with Gasteiger partial charge in [0.1, 0.15) is 17.3 Å². The maximum Gasteiger partial charge on any atom is 0.303 e. The normalized spacial score (nSPS) is 12.3. The van der Waals surface area contributed by atoms with Gasteiger partial charge in [-0.05, 0) is 63.4 Å². The fourth-order valence-electron chi connectivity index (χ4n) is 3.47. The van der Waals surface area contributed by atoms with Gasteiger partial charge in [-0.25, -0.2) is 4.39 Å². The van der Waals surface area contributed by atoms with E-state index in [9.17, 15) is 14.0 Å². The minimum Gasteiger partial charge on any atom is -0.493 e. The molecule has 3 aromatic rings. The van der Waals surface area contributed by atoms with Crippen LogP contribution in [0.25, 0.3) is 11.3 Å². The third-order valence-electron chi connectivity index (χ3n) is 5.29. The molecule has 0 fully saturated rings. The summed E-state index contributed by atoms with van der Waals surface area (Å²) in [7, 11) is 0. The van der Waals surface area contributed by atoms with Crippen molar-refractivity contribution in [3.63, 3.8) is 0 Å². The lowest BCUT2D eigenvalue weighted by atomic mass is 10.1. The minimum atomic E-state index is -1.12. The van der Waals surface area contributed by atoms with E-state index in [4.69, 9.17) is 15.6 Å². The van der Waals surface area contributed by atoms with E-state index < -0.39 is 24.2 Å². The van der Waals surface area contributed by atoms with Crippen molar-refractivity contribution in [1.82, 2.24) is 4.90 Å². The Morgan fingerprint density at radius 1 is 1.12 bits per heavy atom. The Morgan fingerprint density at radius 2 is 1.91 bits per heavy atom. The SMILES string of the molecule is [2H]C(c1ccccc1OCCCCCC(=O)O)N(C(=O)c1ccc(-c2ccco2)cc1F)C(C)C. The zero-order chi connectivity index (χ0) is 25.4. The molecule has 0 spiro atoms. The van der Waals surface area contributed by atoms with Crippen molar-refractivity contribution in [2.24, 2.45) is 0 Å². The number of benzene rings is 2. The monoisotopic (exact) mass is 468 g/mol. The molecule has 6 nitrogen and oxygen atoms in total. The molecule has 0 radical (unpaired) electrons. The number of carboxylic acids is 1. The summed E-state index contributed by atoms with van der Waals surface area (Å²) in [6, 6.07) is 14.3. The Hall–Kier alpha value is -3.61.